The quantitative estimate of drug-likeness (QED) is 0.115. The molecule has 5 heteroatoms. The summed E-state index contributed by atoms with van der Waals surface area (Å²) < 4.78 is 4.93. The SMILES string of the molecule is C=C/C=C\C=C\c1nc(-c2ccccc2)nc(-c2cc(-c3ccc(-c4ccccc4)cc3)c(-n3c4ccc(-n5c6ccccc6c6ccccc65)cc4c4ccc(-c5ccccc5)cc43)c(-c3ccc(-c4ccccc4)cc3)c2)n1. The van der Waals surface area contributed by atoms with Gasteiger partial charge in [0, 0.05) is 49.5 Å². The normalized spacial score (nSPS) is 11.7. The molecule has 0 aliphatic rings. The molecule has 0 amide bonds. The minimum absolute atomic E-state index is 0.545. The van der Waals surface area contributed by atoms with Crippen LogP contribution >= 0.6 is 0 Å². The second kappa shape index (κ2) is 20.7. The molecule has 0 bridgehead atoms. The molecule has 0 aliphatic heterocycles. The zero-order chi connectivity index (χ0) is 53.4. The molecule has 376 valence electrons. The molecule has 0 spiro atoms. The molecule has 0 saturated heterocycles. The van der Waals surface area contributed by atoms with E-state index in [0.717, 1.165) is 99.9 Å². The third-order valence-corrected chi connectivity index (χ3v) is 15.2. The Morgan fingerprint density at radius 1 is 0.287 bits per heavy atom. The maximum atomic E-state index is 5.31. The standard InChI is InChI=1S/C75H51N5/c1-2-3-4-17-34-72-76-74(58-28-15-8-16-29-58)78-75(77-72)60-47-65(56-39-35-54(36-40-56)51-22-9-5-10-23-51)73(66(48-60)57-41-37-55(38-42-57)52-24-11-6-12-25-52)80-70-46-44-61(79-68-32-20-18-30-62(68)63-31-19-21-33-69(63)79)50-67(70)64-45-43-59(49-71(64)80)53-26-13-7-14-27-53/h2-50H,1H2/b4-3-,34-17+. The Morgan fingerprint density at radius 3 is 1.27 bits per heavy atom. The molecule has 80 heavy (non-hydrogen) atoms. The Labute approximate surface area is 464 Å². The predicted molar refractivity (Wildman–Crippen MR) is 335 cm³/mol. The molecule has 0 unspecified atom stereocenters. The van der Waals surface area contributed by atoms with E-state index in [9.17, 15) is 0 Å². The number of aromatic nitrogens is 5. The average molecular weight is 1020 g/mol. The van der Waals surface area contributed by atoms with Gasteiger partial charge in [0.25, 0.3) is 0 Å². The van der Waals surface area contributed by atoms with Gasteiger partial charge in [-0.2, -0.15) is 0 Å². The summed E-state index contributed by atoms with van der Waals surface area (Å²) in [6, 6.07) is 96.0. The van der Waals surface area contributed by atoms with Gasteiger partial charge < -0.3 is 9.13 Å². The monoisotopic (exact) mass is 1020 g/mol. The maximum Gasteiger partial charge on any atom is 0.164 e. The first-order chi connectivity index (χ1) is 39.6. The summed E-state index contributed by atoms with van der Waals surface area (Å²) in [5.74, 6) is 1.69. The van der Waals surface area contributed by atoms with Crippen LogP contribution in [0.4, 0.5) is 0 Å². The third kappa shape index (κ3) is 8.79. The van der Waals surface area contributed by atoms with E-state index >= 15 is 0 Å². The molecule has 14 rings (SSSR count). The molecule has 5 nitrogen and oxygen atoms in total. The summed E-state index contributed by atoms with van der Waals surface area (Å²) in [6.07, 6.45) is 9.45. The number of para-hydroxylation sites is 2. The largest absolute Gasteiger partial charge is 0.309 e. The fraction of sp³-hybridized carbons (Fsp3) is 0. The van der Waals surface area contributed by atoms with Crippen LogP contribution in [-0.4, -0.2) is 24.1 Å². The van der Waals surface area contributed by atoms with Gasteiger partial charge in [0.05, 0.1) is 27.8 Å². The van der Waals surface area contributed by atoms with Gasteiger partial charge in [-0.3, -0.25) is 0 Å². The average Bonchev–Trinajstić information content (AvgIpc) is 4.19. The molecule has 0 fully saturated rings. The van der Waals surface area contributed by atoms with Gasteiger partial charge in [-0.25, -0.2) is 15.0 Å². The van der Waals surface area contributed by atoms with Crippen LogP contribution in [0.2, 0.25) is 0 Å². The second-order valence-corrected chi connectivity index (χ2v) is 20.0. The van der Waals surface area contributed by atoms with Crippen LogP contribution in [0.3, 0.4) is 0 Å². The van der Waals surface area contributed by atoms with Gasteiger partial charge in [0.2, 0.25) is 0 Å². The summed E-state index contributed by atoms with van der Waals surface area (Å²) in [4.78, 5) is 15.6. The first kappa shape index (κ1) is 47.7. The molecule has 11 aromatic carbocycles. The van der Waals surface area contributed by atoms with Crippen molar-refractivity contribution in [1.29, 1.82) is 0 Å². The smallest absolute Gasteiger partial charge is 0.164 e. The number of allylic oxidation sites excluding steroid dienone is 4. The van der Waals surface area contributed by atoms with Crippen molar-refractivity contribution in [3.63, 3.8) is 0 Å². The van der Waals surface area contributed by atoms with E-state index in [2.05, 4.69) is 252 Å². The summed E-state index contributed by atoms with van der Waals surface area (Å²) in [5.41, 5.74) is 19.4. The van der Waals surface area contributed by atoms with Crippen LogP contribution in [0.15, 0.2) is 298 Å². The maximum absolute atomic E-state index is 5.31. The van der Waals surface area contributed by atoms with E-state index < -0.39 is 0 Å². The zero-order valence-electron chi connectivity index (χ0n) is 43.7. The lowest BCUT2D eigenvalue weighted by atomic mass is 9.91. The zero-order valence-corrected chi connectivity index (χ0v) is 43.7. The summed E-state index contributed by atoms with van der Waals surface area (Å²) >= 11 is 0. The van der Waals surface area contributed by atoms with Crippen LogP contribution in [0.25, 0.3) is 139 Å². The molecule has 3 aromatic heterocycles. The van der Waals surface area contributed by atoms with Gasteiger partial charge in [-0.15, -0.1) is 0 Å². The summed E-state index contributed by atoms with van der Waals surface area (Å²) in [6.45, 7) is 3.87. The van der Waals surface area contributed by atoms with Gasteiger partial charge in [-0.05, 0) is 99.1 Å². The van der Waals surface area contributed by atoms with Crippen molar-refractivity contribution in [2.45, 2.75) is 0 Å². The van der Waals surface area contributed by atoms with Crippen molar-refractivity contribution in [2.24, 2.45) is 0 Å². The van der Waals surface area contributed by atoms with Gasteiger partial charge in [-0.1, -0.05) is 249 Å². The van der Waals surface area contributed by atoms with Crippen LogP contribution in [0.5, 0.6) is 0 Å². The number of benzene rings is 11. The van der Waals surface area contributed by atoms with Gasteiger partial charge >= 0.3 is 0 Å². The Morgan fingerprint density at radius 2 is 0.725 bits per heavy atom. The molecular weight excluding hydrogens is 971 g/mol. The molecule has 3 heterocycles. The Balaban J connectivity index is 1.09. The molecule has 0 saturated carbocycles. The van der Waals surface area contributed by atoms with Crippen molar-refractivity contribution in [3.05, 3.63) is 304 Å². The molecule has 0 radical (unpaired) electrons. The van der Waals surface area contributed by atoms with Crippen LogP contribution in [-0.2, 0) is 0 Å². The van der Waals surface area contributed by atoms with E-state index in [1.54, 1.807) is 6.08 Å². The molecule has 0 N–H and O–H groups in total. The highest BCUT2D eigenvalue weighted by molar-refractivity contribution is 6.14. The highest BCUT2D eigenvalue weighted by Crippen LogP contribution is 2.46. The van der Waals surface area contributed by atoms with Gasteiger partial charge in [0.1, 0.15) is 0 Å². The van der Waals surface area contributed by atoms with Crippen LogP contribution in [0.1, 0.15) is 5.82 Å². The number of rotatable bonds is 12. The topological polar surface area (TPSA) is 48.5 Å². The lowest BCUT2D eigenvalue weighted by molar-refractivity contribution is 1.04. The van der Waals surface area contributed by atoms with E-state index in [1.165, 1.54) is 21.8 Å². The lowest BCUT2D eigenvalue weighted by Crippen LogP contribution is -2.04. The highest BCUT2D eigenvalue weighted by atomic mass is 15.0. The Hall–Kier alpha value is -10.8. The van der Waals surface area contributed by atoms with E-state index in [-0.39, 0.29) is 0 Å². The van der Waals surface area contributed by atoms with Crippen LogP contribution < -0.4 is 0 Å². The second-order valence-electron chi connectivity index (χ2n) is 20.0. The van der Waals surface area contributed by atoms with Crippen LogP contribution in [0, 0.1) is 0 Å². The number of hydrogen-bond acceptors (Lipinski definition) is 3. The van der Waals surface area contributed by atoms with Crippen molar-refractivity contribution in [2.75, 3.05) is 0 Å². The van der Waals surface area contributed by atoms with E-state index in [4.69, 9.17) is 15.0 Å². The minimum Gasteiger partial charge on any atom is -0.309 e. The number of nitrogens with zero attached hydrogens (tertiary/aromatic N) is 5. The summed E-state index contributed by atoms with van der Waals surface area (Å²) in [5, 5.41) is 4.75. The molecule has 0 atom stereocenters. The minimum atomic E-state index is 0.545. The third-order valence-electron chi connectivity index (χ3n) is 15.2. The first-order valence-electron chi connectivity index (χ1n) is 27.0. The van der Waals surface area contributed by atoms with Gasteiger partial charge in [0.15, 0.2) is 17.5 Å². The van der Waals surface area contributed by atoms with Crippen molar-refractivity contribution >= 4 is 49.7 Å². The molecular formula is C75H51N5. The lowest BCUT2D eigenvalue weighted by Gasteiger charge is -2.22. The van der Waals surface area contributed by atoms with Crippen molar-refractivity contribution in [3.8, 4) is 89.8 Å². The van der Waals surface area contributed by atoms with E-state index in [0.29, 0.717) is 17.5 Å². The molecule has 0 aliphatic carbocycles. The Bertz CT molecular complexity index is 4510. The van der Waals surface area contributed by atoms with E-state index in [1.807, 2.05) is 54.6 Å². The fourth-order valence-corrected chi connectivity index (χ4v) is 11.4. The highest BCUT2D eigenvalue weighted by Gasteiger charge is 2.25. The van der Waals surface area contributed by atoms with Crippen molar-refractivity contribution < 1.29 is 0 Å². The first-order valence-corrected chi connectivity index (χ1v) is 27.0. The van der Waals surface area contributed by atoms with Crippen molar-refractivity contribution in [1.82, 2.24) is 24.1 Å². The molecule has 14 aromatic rings. The predicted octanol–water partition coefficient (Wildman–Crippen LogP) is 19.5. The fourth-order valence-electron chi connectivity index (χ4n) is 11.4. The number of hydrogen-bond donors (Lipinski definition) is 0. The Kier molecular flexibility index (Phi) is 12.3. The number of fused-ring (bicyclic) bond motifs is 6. The summed E-state index contributed by atoms with van der Waals surface area (Å²) in [7, 11) is 0.